The third-order valence-electron chi connectivity index (χ3n) is 1.04. The van der Waals surface area contributed by atoms with Crippen molar-refractivity contribution in [3.8, 4) is 0 Å². The lowest BCUT2D eigenvalue weighted by atomic mass is 10.3. The third kappa shape index (κ3) is 1.37. The number of aromatic carboxylic acids is 2. The molecule has 0 aliphatic heterocycles. The first-order valence-electron chi connectivity index (χ1n) is 2.62. The highest BCUT2D eigenvalue weighted by atomic mass is 127. The Morgan fingerprint density at radius 2 is 1.92 bits per heavy atom. The van der Waals surface area contributed by atoms with Crippen LogP contribution in [0.4, 0.5) is 0 Å². The molecule has 0 spiro atoms. The molecule has 8 heteroatoms. The number of nitrogens with zero attached hydrogens (tertiary/aromatic N) is 3. The molecule has 1 rings (SSSR count). The van der Waals surface area contributed by atoms with E-state index >= 15 is 0 Å². The summed E-state index contributed by atoms with van der Waals surface area (Å²) in [7, 11) is 0. The summed E-state index contributed by atoms with van der Waals surface area (Å²) in [5.74, 6) is -2.78. The summed E-state index contributed by atoms with van der Waals surface area (Å²) >= 11 is 1.53. The molecule has 0 aromatic carbocycles. The van der Waals surface area contributed by atoms with Crippen molar-refractivity contribution in [2.45, 2.75) is 0 Å². The second-order valence-corrected chi connectivity index (χ2v) is 2.67. The number of hydrogen-bond donors (Lipinski definition) is 2. The van der Waals surface area contributed by atoms with Gasteiger partial charge in [-0.1, -0.05) is 5.21 Å². The summed E-state index contributed by atoms with van der Waals surface area (Å²) in [6, 6.07) is 0. The van der Waals surface area contributed by atoms with E-state index < -0.39 is 23.3 Å². The van der Waals surface area contributed by atoms with Crippen LogP contribution in [-0.2, 0) is 0 Å². The van der Waals surface area contributed by atoms with E-state index in [-0.39, 0.29) is 0 Å². The van der Waals surface area contributed by atoms with Gasteiger partial charge >= 0.3 is 11.9 Å². The second-order valence-electron chi connectivity index (χ2n) is 1.76. The highest BCUT2D eigenvalue weighted by molar-refractivity contribution is 14.1. The lowest BCUT2D eigenvalue weighted by Crippen LogP contribution is -2.09. The van der Waals surface area contributed by atoms with Crippen LogP contribution in [0, 0.1) is 0 Å². The topological polar surface area (TPSA) is 105 Å². The summed E-state index contributed by atoms with van der Waals surface area (Å²) in [5, 5.41) is 23.4. The fourth-order valence-electron chi connectivity index (χ4n) is 0.588. The van der Waals surface area contributed by atoms with Crippen LogP contribution >= 0.6 is 22.9 Å². The highest BCUT2D eigenvalue weighted by Crippen LogP contribution is 2.07. The van der Waals surface area contributed by atoms with Gasteiger partial charge in [-0.25, -0.2) is 9.59 Å². The van der Waals surface area contributed by atoms with Crippen LogP contribution in [0.1, 0.15) is 21.0 Å². The smallest absolute Gasteiger partial charge is 0.359 e. The number of hydrogen-bond acceptors (Lipinski definition) is 4. The monoisotopic (exact) mass is 283 g/mol. The molecule has 1 aromatic rings. The van der Waals surface area contributed by atoms with Gasteiger partial charge in [-0.3, -0.25) is 0 Å². The number of rotatable bonds is 2. The summed E-state index contributed by atoms with van der Waals surface area (Å²) in [5.41, 5.74) is -1.000. The molecule has 0 amide bonds. The van der Waals surface area contributed by atoms with E-state index in [1.165, 1.54) is 22.9 Å². The molecule has 1 heterocycles. The molecule has 1 aromatic heterocycles. The second kappa shape index (κ2) is 3.05. The number of aromatic nitrogens is 3. The minimum Gasteiger partial charge on any atom is -0.476 e. The molecule has 7 nitrogen and oxygen atoms in total. The Kier molecular flexibility index (Phi) is 2.26. The summed E-state index contributed by atoms with van der Waals surface area (Å²) in [6.45, 7) is 0. The molecule has 12 heavy (non-hydrogen) atoms. The van der Waals surface area contributed by atoms with Gasteiger partial charge in [0.15, 0.2) is 5.69 Å². The van der Waals surface area contributed by atoms with Crippen molar-refractivity contribution >= 4 is 34.8 Å². The van der Waals surface area contributed by atoms with E-state index in [0.29, 0.717) is 0 Å². The van der Waals surface area contributed by atoms with Crippen LogP contribution < -0.4 is 0 Å². The number of halogens is 1. The van der Waals surface area contributed by atoms with Crippen molar-refractivity contribution in [2.24, 2.45) is 0 Å². The molecule has 0 radical (unpaired) electrons. The van der Waals surface area contributed by atoms with Crippen LogP contribution in [0.5, 0.6) is 0 Å². The van der Waals surface area contributed by atoms with Crippen molar-refractivity contribution in [3.63, 3.8) is 0 Å². The highest BCUT2D eigenvalue weighted by Gasteiger charge is 2.23. The standard InChI is InChI=1S/C4H2IN3O4/c5-8-2(4(11)12)1(3(9)10)6-7-8/h(H,9,10)(H,11,12). The van der Waals surface area contributed by atoms with Gasteiger partial charge in [-0.2, -0.15) is 2.90 Å². The van der Waals surface area contributed by atoms with Crippen LogP contribution in [0.3, 0.4) is 0 Å². The Morgan fingerprint density at radius 3 is 2.25 bits per heavy atom. The van der Waals surface area contributed by atoms with Crippen LogP contribution in [0.25, 0.3) is 0 Å². The molecule has 0 fully saturated rings. The van der Waals surface area contributed by atoms with Gasteiger partial charge in [0.1, 0.15) is 0 Å². The Hall–Kier alpha value is -1.19. The largest absolute Gasteiger partial charge is 0.476 e. The molecule has 0 aliphatic rings. The third-order valence-corrected chi connectivity index (χ3v) is 1.71. The van der Waals surface area contributed by atoms with Crippen molar-refractivity contribution in [1.29, 1.82) is 0 Å². The molecule has 0 atom stereocenters. The molecule has 2 N–H and O–H groups in total. The lowest BCUT2D eigenvalue weighted by Gasteiger charge is -1.91. The minimum absolute atomic E-state index is 0.442. The maximum absolute atomic E-state index is 10.4. The van der Waals surface area contributed by atoms with Gasteiger partial charge in [-0.05, 0) is 0 Å². The van der Waals surface area contributed by atoms with Gasteiger partial charge in [-0.15, -0.1) is 5.10 Å². The van der Waals surface area contributed by atoms with E-state index in [1.807, 2.05) is 0 Å². The van der Waals surface area contributed by atoms with Gasteiger partial charge in [0, 0.05) is 0 Å². The van der Waals surface area contributed by atoms with Gasteiger partial charge in [0.2, 0.25) is 5.69 Å². The predicted octanol–water partition coefficient (Wildman–Crippen LogP) is -0.127. The Labute approximate surface area is 79.5 Å². The molecule has 0 unspecified atom stereocenters. The quantitative estimate of drug-likeness (QED) is 0.732. The fraction of sp³-hybridized carbons (Fsp3) is 0. The van der Waals surface area contributed by atoms with Crippen molar-refractivity contribution in [2.75, 3.05) is 0 Å². The molecular weight excluding hydrogens is 281 g/mol. The van der Waals surface area contributed by atoms with Crippen LogP contribution in [0.2, 0.25) is 0 Å². The molecular formula is C4H2IN3O4. The summed E-state index contributed by atoms with van der Waals surface area (Å²) in [6.07, 6.45) is 0. The number of carbonyl (C=O) groups is 2. The summed E-state index contributed by atoms with van der Waals surface area (Å²) in [4.78, 5) is 20.8. The average Bonchev–Trinajstić information content (AvgIpc) is 2.30. The first-order valence-corrected chi connectivity index (χ1v) is 3.59. The maximum Gasteiger partial charge on any atom is 0.359 e. The Bertz CT molecular complexity index is 346. The molecule has 0 bridgehead atoms. The van der Waals surface area contributed by atoms with Gasteiger partial charge in [0.05, 0.1) is 22.9 Å². The zero-order valence-corrected chi connectivity index (χ0v) is 7.59. The SMILES string of the molecule is O=C(O)c1nnn(I)c1C(=O)O. The zero-order valence-electron chi connectivity index (χ0n) is 5.43. The normalized spacial score (nSPS) is 9.75. The Balaban J connectivity index is 3.31. The number of carboxylic acid groups (broad SMARTS) is 2. The van der Waals surface area contributed by atoms with Crippen molar-refractivity contribution in [3.05, 3.63) is 11.4 Å². The van der Waals surface area contributed by atoms with Crippen LogP contribution in [-0.4, -0.2) is 35.4 Å². The van der Waals surface area contributed by atoms with Crippen molar-refractivity contribution < 1.29 is 19.8 Å². The van der Waals surface area contributed by atoms with Gasteiger partial charge < -0.3 is 10.2 Å². The van der Waals surface area contributed by atoms with E-state index in [0.717, 1.165) is 2.90 Å². The fourth-order valence-corrected chi connectivity index (χ4v) is 1.12. The zero-order chi connectivity index (χ0) is 9.30. The summed E-state index contributed by atoms with van der Waals surface area (Å²) < 4.78 is 0.865. The first-order chi connectivity index (χ1) is 5.54. The van der Waals surface area contributed by atoms with E-state index in [9.17, 15) is 9.59 Å². The predicted molar refractivity (Wildman–Crippen MR) is 43.4 cm³/mol. The maximum atomic E-state index is 10.4. The van der Waals surface area contributed by atoms with Gasteiger partial charge in [0.25, 0.3) is 0 Å². The number of carboxylic acids is 2. The first kappa shape index (κ1) is 8.90. The molecule has 0 aliphatic carbocycles. The van der Waals surface area contributed by atoms with Crippen LogP contribution in [0.15, 0.2) is 0 Å². The van der Waals surface area contributed by atoms with E-state index in [1.54, 1.807) is 0 Å². The lowest BCUT2D eigenvalue weighted by molar-refractivity contribution is 0.0644. The van der Waals surface area contributed by atoms with Crippen molar-refractivity contribution in [1.82, 2.24) is 13.2 Å². The average molecular weight is 283 g/mol. The molecule has 64 valence electrons. The van der Waals surface area contributed by atoms with E-state index in [4.69, 9.17) is 10.2 Å². The Morgan fingerprint density at radius 1 is 1.33 bits per heavy atom. The molecule has 0 saturated carbocycles. The minimum atomic E-state index is -1.41. The van der Waals surface area contributed by atoms with E-state index in [2.05, 4.69) is 10.3 Å². The molecule has 0 saturated heterocycles.